The number of hydrogen-bond acceptors (Lipinski definition) is 5. The number of rotatable bonds is 4. The number of fused-ring (bicyclic) bond motifs is 1. The molecule has 8 nitrogen and oxygen atoms in total. The van der Waals surface area contributed by atoms with Gasteiger partial charge in [0.2, 0.25) is 0 Å². The van der Waals surface area contributed by atoms with E-state index in [4.69, 9.17) is 0 Å². The van der Waals surface area contributed by atoms with Crippen molar-refractivity contribution >= 4 is 16.9 Å². The zero-order valence-corrected chi connectivity index (χ0v) is 16.9. The predicted molar refractivity (Wildman–Crippen MR) is 117 cm³/mol. The molecular weight excluding hydrogens is 392 g/mol. The smallest absolute Gasteiger partial charge is 0.267 e. The molecule has 4 heterocycles. The number of aromatic nitrogens is 5. The van der Waals surface area contributed by atoms with E-state index in [0.717, 1.165) is 42.3 Å². The lowest BCUT2D eigenvalue weighted by Gasteiger charge is -2.29. The van der Waals surface area contributed by atoms with Gasteiger partial charge in [-0.3, -0.25) is 14.6 Å². The molecule has 5 rings (SSSR count). The van der Waals surface area contributed by atoms with E-state index in [1.54, 1.807) is 41.6 Å². The maximum Gasteiger partial charge on any atom is 0.267 e. The van der Waals surface area contributed by atoms with Crippen LogP contribution in [0, 0.1) is 0 Å². The predicted octanol–water partition coefficient (Wildman–Crippen LogP) is 3.10. The molecule has 4 aromatic heterocycles. The lowest BCUT2D eigenvalue weighted by molar-refractivity contribution is 0.0923. The molecule has 0 aliphatic heterocycles. The van der Waals surface area contributed by atoms with E-state index in [-0.39, 0.29) is 23.6 Å². The second-order valence-corrected chi connectivity index (χ2v) is 7.82. The average Bonchev–Trinajstić information content (AvgIpc) is 3.25. The van der Waals surface area contributed by atoms with Gasteiger partial charge < -0.3 is 10.3 Å². The van der Waals surface area contributed by atoms with Gasteiger partial charge in [-0.15, -0.1) is 0 Å². The van der Waals surface area contributed by atoms with Gasteiger partial charge in [0.05, 0.1) is 17.3 Å². The lowest BCUT2D eigenvalue weighted by atomic mass is 9.91. The van der Waals surface area contributed by atoms with Crippen molar-refractivity contribution in [3.8, 4) is 11.3 Å². The quantitative estimate of drug-likeness (QED) is 0.534. The van der Waals surface area contributed by atoms with Crippen LogP contribution in [0.4, 0.5) is 0 Å². The summed E-state index contributed by atoms with van der Waals surface area (Å²) in [6.07, 6.45) is 10.00. The van der Waals surface area contributed by atoms with Crippen LogP contribution in [0.15, 0.2) is 66.0 Å². The van der Waals surface area contributed by atoms with Crippen molar-refractivity contribution in [3.63, 3.8) is 0 Å². The topological polar surface area (TPSA) is 106 Å². The van der Waals surface area contributed by atoms with Crippen LogP contribution in [0.3, 0.4) is 0 Å². The highest BCUT2D eigenvalue weighted by molar-refractivity contribution is 6.05. The van der Waals surface area contributed by atoms with E-state index < -0.39 is 0 Å². The molecule has 0 unspecified atom stereocenters. The summed E-state index contributed by atoms with van der Waals surface area (Å²) in [5, 5.41) is 8.54. The number of hydrogen-bond donors (Lipinski definition) is 2. The van der Waals surface area contributed by atoms with E-state index in [1.807, 2.05) is 24.3 Å². The molecule has 1 saturated carbocycles. The van der Waals surface area contributed by atoms with E-state index in [2.05, 4.69) is 25.4 Å². The molecule has 1 aliphatic carbocycles. The fourth-order valence-corrected chi connectivity index (χ4v) is 4.23. The first-order valence-electron chi connectivity index (χ1n) is 10.4. The zero-order chi connectivity index (χ0) is 21.2. The molecule has 1 aliphatic rings. The first kappa shape index (κ1) is 19.2. The molecule has 4 aromatic rings. The summed E-state index contributed by atoms with van der Waals surface area (Å²) in [4.78, 5) is 36.6. The molecule has 8 heteroatoms. The zero-order valence-electron chi connectivity index (χ0n) is 16.9. The van der Waals surface area contributed by atoms with Crippen molar-refractivity contribution in [1.82, 2.24) is 30.0 Å². The molecule has 0 bridgehead atoms. The molecule has 0 spiro atoms. The number of nitrogens with zero attached hydrogens (tertiary/aromatic N) is 4. The van der Waals surface area contributed by atoms with Crippen LogP contribution in [-0.2, 0) is 0 Å². The molecule has 1 amide bonds. The Morgan fingerprint density at radius 1 is 1.06 bits per heavy atom. The Morgan fingerprint density at radius 3 is 2.71 bits per heavy atom. The Labute approximate surface area is 178 Å². The van der Waals surface area contributed by atoms with Crippen molar-refractivity contribution in [2.24, 2.45) is 0 Å². The second kappa shape index (κ2) is 8.14. The minimum atomic E-state index is -0.105. The summed E-state index contributed by atoms with van der Waals surface area (Å²) in [6, 6.07) is 10.9. The van der Waals surface area contributed by atoms with Crippen LogP contribution in [0.2, 0.25) is 0 Å². The van der Waals surface area contributed by atoms with Gasteiger partial charge in [0.25, 0.3) is 11.5 Å². The maximum absolute atomic E-state index is 12.8. The number of H-pyrrole nitrogens is 1. The molecular formula is C23H22N6O2. The summed E-state index contributed by atoms with van der Waals surface area (Å²) in [7, 11) is 0. The second-order valence-electron chi connectivity index (χ2n) is 7.82. The maximum atomic E-state index is 12.8. The van der Waals surface area contributed by atoms with Crippen molar-refractivity contribution < 1.29 is 4.79 Å². The van der Waals surface area contributed by atoms with Crippen LogP contribution >= 0.6 is 0 Å². The Kier molecular flexibility index (Phi) is 5.03. The Morgan fingerprint density at radius 2 is 1.90 bits per heavy atom. The first-order valence-corrected chi connectivity index (χ1v) is 10.4. The largest absolute Gasteiger partial charge is 0.349 e. The Hall–Kier alpha value is -3.81. The van der Waals surface area contributed by atoms with E-state index >= 15 is 0 Å². The van der Waals surface area contributed by atoms with Gasteiger partial charge in [0.1, 0.15) is 5.65 Å². The van der Waals surface area contributed by atoms with Crippen LogP contribution < -0.4 is 10.9 Å². The summed E-state index contributed by atoms with van der Waals surface area (Å²) in [5.74, 6) is -0.100. The molecule has 2 N–H and O–H groups in total. The molecule has 0 atom stereocenters. The van der Waals surface area contributed by atoms with Gasteiger partial charge in [-0.1, -0.05) is 0 Å². The van der Waals surface area contributed by atoms with Gasteiger partial charge >= 0.3 is 0 Å². The van der Waals surface area contributed by atoms with Crippen LogP contribution in [0.5, 0.6) is 0 Å². The number of amides is 1. The highest BCUT2D eigenvalue weighted by atomic mass is 16.2. The third-order valence-electron chi connectivity index (χ3n) is 5.86. The van der Waals surface area contributed by atoms with Gasteiger partial charge in [-0.25, -0.2) is 9.67 Å². The van der Waals surface area contributed by atoms with E-state index in [9.17, 15) is 9.59 Å². The van der Waals surface area contributed by atoms with Gasteiger partial charge in [0.15, 0.2) is 0 Å². The number of pyridine rings is 2. The van der Waals surface area contributed by atoms with Crippen molar-refractivity contribution in [2.75, 3.05) is 0 Å². The van der Waals surface area contributed by atoms with Gasteiger partial charge in [-0.2, -0.15) is 5.10 Å². The number of aromatic amines is 1. The fraction of sp³-hybridized carbons (Fsp3) is 0.261. The highest BCUT2D eigenvalue weighted by Crippen LogP contribution is 2.28. The highest BCUT2D eigenvalue weighted by Gasteiger charge is 2.26. The monoisotopic (exact) mass is 414 g/mol. The summed E-state index contributed by atoms with van der Waals surface area (Å²) in [6.45, 7) is 0. The number of carbonyl (C=O) groups excluding carboxylic acids is 1. The third kappa shape index (κ3) is 3.84. The average molecular weight is 414 g/mol. The minimum absolute atomic E-state index is 0.0227. The van der Waals surface area contributed by atoms with Gasteiger partial charge in [-0.05, 0) is 56.0 Å². The van der Waals surface area contributed by atoms with Crippen molar-refractivity contribution in [1.29, 1.82) is 0 Å². The summed E-state index contributed by atoms with van der Waals surface area (Å²) in [5.41, 5.74) is 2.82. The molecule has 1 fully saturated rings. The van der Waals surface area contributed by atoms with Gasteiger partial charge in [0, 0.05) is 47.8 Å². The fourth-order valence-electron chi connectivity index (χ4n) is 4.23. The van der Waals surface area contributed by atoms with Crippen molar-refractivity contribution in [3.05, 3.63) is 77.1 Å². The third-order valence-corrected chi connectivity index (χ3v) is 5.86. The number of nitrogens with one attached hydrogen (secondary N) is 2. The van der Waals surface area contributed by atoms with E-state index in [1.165, 1.54) is 0 Å². The first-order chi connectivity index (χ1) is 15.2. The Balaban J connectivity index is 1.26. The lowest BCUT2D eigenvalue weighted by Crippen LogP contribution is -2.39. The molecule has 0 saturated heterocycles. The normalized spacial score (nSPS) is 18.7. The van der Waals surface area contributed by atoms with Crippen molar-refractivity contribution in [2.45, 2.75) is 37.8 Å². The SMILES string of the molecule is O=C(NC1CCC(n2nc(-c3cccnc3)ccc2=O)CC1)c1c[nH]c2ncccc12. The standard InChI is InChI=1S/C23H22N6O2/c30-21-10-9-20(15-3-1-11-24-13-15)28-29(21)17-7-5-16(6-8-17)27-23(31)19-14-26-22-18(19)4-2-12-25-22/h1-4,9-14,16-17H,5-8H2,(H,25,26)(H,27,31). The summed E-state index contributed by atoms with van der Waals surface area (Å²) < 4.78 is 1.59. The van der Waals surface area contributed by atoms with E-state index in [0.29, 0.717) is 11.2 Å². The van der Waals surface area contributed by atoms with Crippen LogP contribution in [-0.4, -0.2) is 36.7 Å². The van der Waals surface area contributed by atoms with Crippen LogP contribution in [0.1, 0.15) is 42.1 Å². The molecule has 156 valence electrons. The summed E-state index contributed by atoms with van der Waals surface area (Å²) >= 11 is 0. The molecule has 31 heavy (non-hydrogen) atoms. The molecule has 0 aromatic carbocycles. The van der Waals surface area contributed by atoms with Crippen LogP contribution in [0.25, 0.3) is 22.3 Å². The minimum Gasteiger partial charge on any atom is -0.349 e. The molecule has 0 radical (unpaired) electrons. The Bertz CT molecular complexity index is 1270. The number of carbonyl (C=O) groups is 1.